The Labute approximate surface area is 192 Å². The number of hydrogen-bond donors (Lipinski definition) is 3. The van der Waals surface area contributed by atoms with E-state index >= 15 is 0 Å². The lowest BCUT2D eigenvalue weighted by Crippen LogP contribution is -2.44. The first kappa shape index (κ1) is 21.9. The van der Waals surface area contributed by atoms with Gasteiger partial charge in [-0.15, -0.1) is 0 Å². The molecule has 3 N–H and O–H groups in total. The van der Waals surface area contributed by atoms with Crippen molar-refractivity contribution in [3.05, 3.63) is 74.6 Å². The lowest BCUT2D eigenvalue weighted by Gasteiger charge is -2.23. The van der Waals surface area contributed by atoms with Gasteiger partial charge < -0.3 is 15.2 Å². The minimum Gasteiger partial charge on any atom is -0.334 e. The van der Waals surface area contributed by atoms with Crippen LogP contribution in [0.1, 0.15) is 24.4 Å². The van der Waals surface area contributed by atoms with Crippen molar-refractivity contribution in [3.8, 4) is 0 Å². The lowest BCUT2D eigenvalue weighted by molar-refractivity contribution is -0.135. The van der Waals surface area contributed by atoms with Crippen molar-refractivity contribution in [2.45, 2.75) is 25.4 Å². The molecule has 1 fully saturated rings. The number of carbonyl (C=O) groups is 3. The van der Waals surface area contributed by atoms with Crippen LogP contribution >= 0.6 is 23.2 Å². The number of fused-ring (bicyclic) bond motifs is 1. The van der Waals surface area contributed by atoms with E-state index in [1.165, 1.54) is 4.57 Å². The summed E-state index contributed by atoms with van der Waals surface area (Å²) in [6.45, 7) is 0.149. The lowest BCUT2D eigenvalue weighted by atomic mass is 10.0. The van der Waals surface area contributed by atoms with E-state index in [0.29, 0.717) is 32.1 Å². The van der Waals surface area contributed by atoms with Crippen LogP contribution in [0.3, 0.4) is 0 Å². The molecule has 1 aromatic heterocycles. The third kappa shape index (κ3) is 4.46. The molecule has 2 aromatic carbocycles. The molecule has 10 heteroatoms. The van der Waals surface area contributed by atoms with E-state index in [2.05, 4.69) is 16.0 Å². The zero-order valence-corrected chi connectivity index (χ0v) is 18.2. The smallest absolute Gasteiger partial charge is 0.319 e. The number of para-hydroxylation sites is 1. The van der Waals surface area contributed by atoms with Crippen molar-refractivity contribution in [2.75, 3.05) is 5.32 Å². The van der Waals surface area contributed by atoms with Crippen LogP contribution in [-0.4, -0.2) is 22.4 Å². The maximum atomic E-state index is 13.0. The van der Waals surface area contributed by atoms with Crippen LogP contribution in [0.15, 0.2) is 53.5 Å². The number of rotatable bonds is 4. The summed E-state index contributed by atoms with van der Waals surface area (Å²) in [5.41, 5.74) is 0.654. The Bertz CT molecular complexity index is 1280. The quantitative estimate of drug-likeness (QED) is 0.503. The van der Waals surface area contributed by atoms with E-state index < -0.39 is 18.0 Å². The van der Waals surface area contributed by atoms with Crippen LogP contribution < -0.4 is 21.5 Å². The van der Waals surface area contributed by atoms with Crippen molar-refractivity contribution < 1.29 is 14.4 Å². The first-order valence-electron chi connectivity index (χ1n) is 9.80. The Kier molecular flexibility index (Phi) is 6.16. The molecule has 0 radical (unpaired) electrons. The van der Waals surface area contributed by atoms with Gasteiger partial charge in [0.25, 0.3) is 5.56 Å². The second-order valence-corrected chi connectivity index (χ2v) is 8.14. The summed E-state index contributed by atoms with van der Waals surface area (Å²) >= 11 is 12.1. The Morgan fingerprint density at radius 1 is 1.09 bits per heavy atom. The molecule has 1 aliphatic rings. The topological polar surface area (TPSA) is 109 Å². The largest absolute Gasteiger partial charge is 0.334 e. The number of aromatic nitrogens is 1. The van der Waals surface area contributed by atoms with Gasteiger partial charge in [0.15, 0.2) is 0 Å². The molecule has 32 heavy (non-hydrogen) atoms. The van der Waals surface area contributed by atoms with Crippen molar-refractivity contribution in [3.63, 3.8) is 0 Å². The first-order valence-corrected chi connectivity index (χ1v) is 10.6. The number of pyridine rings is 1. The SMILES string of the molecule is O=C1CCC(n2ccc3ccc(CNC(=O)Nc4c(Cl)cccc4Cl)cc3c2=O)C(=O)N1. The number of nitrogens with one attached hydrogen (secondary N) is 3. The number of carbonyl (C=O) groups excluding carboxylic acids is 3. The number of amides is 4. The summed E-state index contributed by atoms with van der Waals surface area (Å²) < 4.78 is 1.34. The molecule has 2 heterocycles. The van der Waals surface area contributed by atoms with Gasteiger partial charge >= 0.3 is 6.03 Å². The van der Waals surface area contributed by atoms with Gasteiger partial charge in [-0.3, -0.25) is 19.7 Å². The van der Waals surface area contributed by atoms with Crippen LogP contribution in [0.2, 0.25) is 10.0 Å². The molecule has 3 aromatic rings. The zero-order valence-electron chi connectivity index (χ0n) is 16.7. The zero-order chi connectivity index (χ0) is 22.8. The van der Waals surface area contributed by atoms with Crippen molar-refractivity contribution >= 4 is 57.5 Å². The molecular weight excluding hydrogens is 455 g/mol. The Morgan fingerprint density at radius 2 is 1.84 bits per heavy atom. The minimum absolute atomic E-state index is 0.149. The summed E-state index contributed by atoms with van der Waals surface area (Å²) in [5, 5.41) is 9.30. The molecule has 0 bridgehead atoms. The highest BCUT2D eigenvalue weighted by Crippen LogP contribution is 2.29. The van der Waals surface area contributed by atoms with E-state index in [9.17, 15) is 19.2 Å². The number of hydrogen-bond acceptors (Lipinski definition) is 4. The van der Waals surface area contributed by atoms with Crippen molar-refractivity contribution in [1.29, 1.82) is 0 Å². The number of imide groups is 1. The van der Waals surface area contributed by atoms with E-state index in [1.807, 2.05) is 0 Å². The van der Waals surface area contributed by atoms with E-state index in [4.69, 9.17) is 23.2 Å². The molecule has 0 saturated carbocycles. The average Bonchev–Trinajstić information content (AvgIpc) is 2.76. The third-order valence-corrected chi connectivity index (χ3v) is 5.83. The van der Waals surface area contributed by atoms with Gasteiger partial charge in [0, 0.05) is 24.5 Å². The molecule has 4 rings (SSSR count). The number of piperidine rings is 1. The summed E-state index contributed by atoms with van der Waals surface area (Å²) in [6, 6.07) is 10.6. The summed E-state index contributed by atoms with van der Waals surface area (Å²) in [5.74, 6) is -0.833. The highest BCUT2D eigenvalue weighted by atomic mass is 35.5. The number of anilines is 1. The minimum atomic E-state index is -0.738. The van der Waals surface area contributed by atoms with Gasteiger partial charge in [-0.1, -0.05) is 41.4 Å². The first-order chi connectivity index (χ1) is 15.3. The number of benzene rings is 2. The maximum absolute atomic E-state index is 13.0. The van der Waals surface area contributed by atoms with E-state index in [0.717, 1.165) is 0 Å². The fourth-order valence-electron chi connectivity index (χ4n) is 3.56. The fourth-order valence-corrected chi connectivity index (χ4v) is 4.05. The molecular formula is C22H18Cl2N4O4. The van der Waals surface area contributed by atoms with Gasteiger partial charge in [0.2, 0.25) is 11.8 Å². The van der Waals surface area contributed by atoms with Gasteiger partial charge in [0.05, 0.1) is 15.7 Å². The molecule has 164 valence electrons. The van der Waals surface area contributed by atoms with Crippen molar-refractivity contribution in [2.24, 2.45) is 0 Å². The number of urea groups is 1. The molecule has 1 saturated heterocycles. The molecule has 0 aliphatic carbocycles. The third-order valence-electron chi connectivity index (χ3n) is 5.20. The Hall–Kier alpha value is -3.36. The van der Waals surface area contributed by atoms with Crippen LogP contribution in [-0.2, 0) is 16.1 Å². The molecule has 1 atom stereocenters. The number of halogens is 2. The molecule has 0 spiro atoms. The second kappa shape index (κ2) is 9.02. The fraction of sp³-hybridized carbons (Fsp3) is 0.182. The van der Waals surface area contributed by atoms with Gasteiger partial charge in [0.1, 0.15) is 6.04 Å². The van der Waals surface area contributed by atoms with Gasteiger partial charge in [-0.2, -0.15) is 0 Å². The normalized spacial score (nSPS) is 16.0. The average molecular weight is 473 g/mol. The maximum Gasteiger partial charge on any atom is 0.319 e. The van der Waals surface area contributed by atoms with E-state index in [-0.39, 0.29) is 30.9 Å². The molecule has 1 aliphatic heterocycles. The molecule has 8 nitrogen and oxygen atoms in total. The monoisotopic (exact) mass is 472 g/mol. The Morgan fingerprint density at radius 3 is 2.56 bits per heavy atom. The van der Waals surface area contributed by atoms with Crippen LogP contribution in [0.5, 0.6) is 0 Å². The van der Waals surface area contributed by atoms with Gasteiger partial charge in [-0.25, -0.2) is 4.79 Å². The highest BCUT2D eigenvalue weighted by Gasteiger charge is 2.28. The van der Waals surface area contributed by atoms with Crippen LogP contribution in [0, 0.1) is 0 Å². The number of nitrogens with zero attached hydrogens (tertiary/aromatic N) is 1. The van der Waals surface area contributed by atoms with Crippen molar-refractivity contribution in [1.82, 2.24) is 15.2 Å². The standard InChI is InChI=1S/C22H18Cl2N4O4/c23-15-2-1-3-16(24)19(15)27-22(32)25-11-12-4-5-13-8-9-28(21(31)14(13)10-12)17-6-7-18(29)26-20(17)30/h1-5,8-10,17H,6-7,11H2,(H2,25,27,32)(H,26,29,30). The molecule has 4 amide bonds. The predicted octanol–water partition coefficient (Wildman–Crippen LogP) is 3.61. The van der Waals surface area contributed by atoms with Crippen LogP contribution in [0.25, 0.3) is 10.8 Å². The summed E-state index contributed by atoms with van der Waals surface area (Å²) in [7, 11) is 0. The summed E-state index contributed by atoms with van der Waals surface area (Å²) in [4.78, 5) is 48.9. The van der Waals surface area contributed by atoms with E-state index in [1.54, 1.807) is 48.7 Å². The predicted molar refractivity (Wildman–Crippen MR) is 122 cm³/mol. The second-order valence-electron chi connectivity index (χ2n) is 7.32. The molecule has 1 unspecified atom stereocenters. The Balaban J connectivity index is 1.52. The highest BCUT2D eigenvalue weighted by molar-refractivity contribution is 6.39. The summed E-state index contributed by atoms with van der Waals surface area (Å²) in [6.07, 6.45) is 2.00. The van der Waals surface area contributed by atoms with Crippen LogP contribution in [0.4, 0.5) is 10.5 Å². The van der Waals surface area contributed by atoms with Gasteiger partial charge in [-0.05, 0) is 41.6 Å².